The Morgan fingerprint density at radius 1 is 1.37 bits per heavy atom. The highest BCUT2D eigenvalue weighted by Crippen LogP contribution is 2.51. The number of carbonyl (C=O) groups excluding carboxylic acids is 2. The lowest BCUT2D eigenvalue weighted by Crippen LogP contribution is -2.63. The van der Waals surface area contributed by atoms with Crippen LogP contribution in [-0.2, 0) is 26.3 Å². The van der Waals surface area contributed by atoms with E-state index in [1.165, 1.54) is 4.90 Å². The summed E-state index contributed by atoms with van der Waals surface area (Å²) in [6.45, 7) is 5.17. The molecule has 12 heteroatoms. The molecule has 0 aliphatic carbocycles. The number of nitrogens with zero attached hydrogens (tertiary/aromatic N) is 2. The van der Waals surface area contributed by atoms with Crippen LogP contribution in [0.2, 0.25) is 0 Å². The van der Waals surface area contributed by atoms with Gasteiger partial charge in [-0.3, -0.25) is 14.5 Å². The van der Waals surface area contributed by atoms with Gasteiger partial charge in [-0.05, 0) is 37.3 Å². The summed E-state index contributed by atoms with van der Waals surface area (Å²) in [5.74, 6) is -0.745. The summed E-state index contributed by atoms with van der Waals surface area (Å²) >= 11 is 3.27. The molecule has 192 valence electrons. The number of amides is 1. The molecule has 0 bridgehead atoms. The van der Waals surface area contributed by atoms with Crippen LogP contribution in [0.1, 0.15) is 25.8 Å². The normalized spacial score (nSPS) is 29.9. The molecular formula is C23H32N4O5S3. The molecular weight excluding hydrogens is 508 g/mol. The van der Waals surface area contributed by atoms with Gasteiger partial charge in [0.15, 0.2) is 6.29 Å². The van der Waals surface area contributed by atoms with Gasteiger partial charge >= 0.3 is 0 Å². The van der Waals surface area contributed by atoms with Crippen molar-refractivity contribution in [3.8, 4) is 0 Å². The van der Waals surface area contributed by atoms with Crippen molar-refractivity contribution in [2.75, 3.05) is 19.3 Å². The number of aliphatic hydroxyl groups is 1. The Kier molecular flexibility index (Phi) is 8.01. The van der Waals surface area contributed by atoms with Crippen molar-refractivity contribution in [3.63, 3.8) is 0 Å². The maximum atomic E-state index is 12.6. The lowest BCUT2D eigenvalue weighted by molar-refractivity contribution is -0.160. The predicted octanol–water partition coefficient (Wildman–Crippen LogP) is 1.15. The van der Waals surface area contributed by atoms with Gasteiger partial charge in [0, 0.05) is 46.6 Å². The lowest BCUT2D eigenvalue weighted by atomic mass is 9.79. The highest BCUT2D eigenvalue weighted by atomic mass is 32.2. The third-order valence-corrected chi connectivity index (χ3v) is 9.89. The van der Waals surface area contributed by atoms with Crippen molar-refractivity contribution in [3.05, 3.63) is 40.4 Å². The molecule has 2 fully saturated rings. The number of allylic oxidation sites excluding steroid dienone is 1. The molecule has 1 aromatic rings. The van der Waals surface area contributed by atoms with Crippen LogP contribution in [0.15, 0.2) is 39.8 Å². The average Bonchev–Trinajstić information content (AvgIpc) is 3.27. The monoisotopic (exact) mass is 540 g/mol. The van der Waals surface area contributed by atoms with E-state index < -0.39 is 22.2 Å². The maximum absolute atomic E-state index is 12.6. The van der Waals surface area contributed by atoms with E-state index in [0.29, 0.717) is 25.2 Å². The fourth-order valence-electron chi connectivity index (χ4n) is 5.45. The number of aliphatic hydroxyl groups excluding tert-OH is 1. The number of aldehydes is 1. The molecule has 3 heterocycles. The Balaban J connectivity index is 1.52. The molecule has 1 aromatic carbocycles. The first kappa shape index (κ1) is 26.6. The van der Waals surface area contributed by atoms with Crippen LogP contribution in [0, 0.1) is 11.8 Å². The zero-order valence-corrected chi connectivity index (χ0v) is 22.4. The van der Waals surface area contributed by atoms with Gasteiger partial charge in [0.25, 0.3) is 10.2 Å². The van der Waals surface area contributed by atoms with Crippen LogP contribution < -0.4 is 9.86 Å². The van der Waals surface area contributed by atoms with Crippen LogP contribution in [0.5, 0.6) is 0 Å². The highest BCUT2D eigenvalue weighted by Gasteiger charge is 2.58. The number of nitrogens with one attached hydrogen (secondary N) is 1. The Morgan fingerprint density at radius 2 is 2.11 bits per heavy atom. The number of β-lactam (4-membered cyclic amide) rings is 1. The van der Waals surface area contributed by atoms with E-state index in [0.717, 1.165) is 21.7 Å². The molecule has 0 aromatic heterocycles. The smallest absolute Gasteiger partial charge is 0.274 e. The van der Waals surface area contributed by atoms with Crippen LogP contribution in [-0.4, -0.2) is 78.3 Å². The summed E-state index contributed by atoms with van der Waals surface area (Å²) in [6.07, 6.45) is 2.71. The van der Waals surface area contributed by atoms with Crippen molar-refractivity contribution < 1.29 is 23.1 Å². The molecule has 6 atom stereocenters. The molecule has 3 aliphatic rings. The second-order valence-corrected chi connectivity index (χ2v) is 13.0. The van der Waals surface area contributed by atoms with Gasteiger partial charge < -0.3 is 10.0 Å². The Bertz CT molecular complexity index is 1130. The van der Waals surface area contributed by atoms with E-state index in [1.807, 2.05) is 19.2 Å². The molecule has 0 saturated carbocycles. The van der Waals surface area contributed by atoms with E-state index in [4.69, 9.17) is 5.14 Å². The Labute approximate surface area is 215 Å². The Morgan fingerprint density at radius 3 is 2.74 bits per heavy atom. The minimum absolute atomic E-state index is 0.0502. The predicted molar refractivity (Wildman–Crippen MR) is 138 cm³/mol. The number of hydrogen-bond donors (Lipinski definition) is 3. The molecule has 4 N–H and O–H groups in total. The van der Waals surface area contributed by atoms with E-state index in [9.17, 15) is 23.1 Å². The zero-order valence-electron chi connectivity index (χ0n) is 20.0. The topological polar surface area (TPSA) is 133 Å². The van der Waals surface area contributed by atoms with Crippen molar-refractivity contribution in [1.29, 1.82) is 0 Å². The van der Waals surface area contributed by atoms with E-state index in [-0.39, 0.29) is 35.7 Å². The van der Waals surface area contributed by atoms with Gasteiger partial charge in [0.1, 0.15) is 0 Å². The third-order valence-electron chi connectivity index (χ3n) is 7.08. The van der Waals surface area contributed by atoms with Gasteiger partial charge in [0.2, 0.25) is 5.91 Å². The van der Waals surface area contributed by atoms with E-state index in [1.54, 1.807) is 30.4 Å². The summed E-state index contributed by atoms with van der Waals surface area (Å²) in [4.78, 5) is 30.4. The lowest BCUT2D eigenvalue weighted by Gasteiger charge is -2.46. The Hall–Kier alpha value is -1.41. The summed E-state index contributed by atoms with van der Waals surface area (Å²) in [5.41, 5.74) is 1.54. The zero-order chi connectivity index (χ0) is 25.5. The number of likely N-dealkylation sites (tertiary alicyclic amines) is 1. The van der Waals surface area contributed by atoms with Crippen LogP contribution in [0.4, 0.5) is 0 Å². The van der Waals surface area contributed by atoms with Crippen molar-refractivity contribution in [2.24, 2.45) is 17.0 Å². The van der Waals surface area contributed by atoms with Crippen molar-refractivity contribution in [1.82, 2.24) is 14.5 Å². The molecule has 2 saturated heterocycles. The number of rotatable bonds is 10. The number of fused-ring (bicyclic) bond motifs is 1. The summed E-state index contributed by atoms with van der Waals surface area (Å²) in [6, 6.07) is 8.00. The number of hydrogen-bond acceptors (Lipinski definition) is 8. The van der Waals surface area contributed by atoms with Gasteiger partial charge in [-0.2, -0.15) is 8.42 Å². The second kappa shape index (κ2) is 10.5. The second-order valence-electron chi connectivity index (χ2n) is 9.43. The van der Waals surface area contributed by atoms with Gasteiger partial charge in [0.05, 0.1) is 23.8 Å². The SMILES string of the molecule is CSc1cccc(CN2C[C@@H](SC3=C(C=O)N4C(=O)[C@H]([C@@H](C)O)[C@H]4[C@H]3C)C[C@H]2CNS(N)(=O)=O)c1. The average molecular weight is 541 g/mol. The highest BCUT2D eigenvalue weighted by molar-refractivity contribution is 8.03. The minimum atomic E-state index is -3.82. The molecule has 9 nitrogen and oxygen atoms in total. The molecule has 0 radical (unpaired) electrons. The number of carbonyl (C=O) groups is 2. The van der Waals surface area contributed by atoms with Gasteiger partial charge in [-0.25, -0.2) is 9.86 Å². The molecule has 35 heavy (non-hydrogen) atoms. The standard InChI is InChI=1S/C23H32N4O5S3/c1-13-21-20(14(2)29)23(30)27(21)19(12-28)22(13)34-18-8-16(9-25-35(24,31)32)26(11-18)10-15-5-4-6-17(7-15)33-3/h4-7,12-14,16,18,20-21,25,29H,8-11H2,1-3H3,(H2,24,31,32)/t13-,14-,16+,18+,20-,21-/m1/s1. The summed E-state index contributed by atoms with van der Waals surface area (Å²) in [5, 5.41) is 15.4. The van der Waals surface area contributed by atoms with Crippen molar-refractivity contribution in [2.45, 2.75) is 55.1 Å². The van der Waals surface area contributed by atoms with Crippen molar-refractivity contribution >= 4 is 45.9 Å². The molecule has 3 aliphatic heterocycles. The van der Waals surface area contributed by atoms with Crippen LogP contribution in [0.25, 0.3) is 0 Å². The molecule has 1 amide bonds. The molecule has 4 rings (SSSR count). The van der Waals surface area contributed by atoms with E-state index in [2.05, 4.69) is 27.8 Å². The number of benzene rings is 1. The summed E-state index contributed by atoms with van der Waals surface area (Å²) < 4.78 is 25.5. The van der Waals surface area contributed by atoms with Crippen LogP contribution >= 0.6 is 23.5 Å². The third kappa shape index (κ3) is 5.48. The fourth-order valence-corrected chi connectivity index (χ4v) is 7.93. The summed E-state index contributed by atoms with van der Waals surface area (Å²) in [7, 11) is -3.82. The maximum Gasteiger partial charge on any atom is 0.274 e. The van der Waals surface area contributed by atoms with Crippen LogP contribution in [0.3, 0.4) is 0 Å². The first-order chi connectivity index (χ1) is 16.5. The molecule has 0 spiro atoms. The first-order valence-electron chi connectivity index (χ1n) is 11.6. The van der Waals surface area contributed by atoms with Gasteiger partial charge in [-0.15, -0.1) is 23.5 Å². The largest absolute Gasteiger partial charge is 0.393 e. The first-order valence-corrected chi connectivity index (χ1v) is 15.2. The molecule has 0 unspecified atom stereocenters. The number of thioether (sulfide) groups is 2. The number of nitrogens with two attached hydrogens (primary N) is 1. The van der Waals surface area contributed by atoms with Gasteiger partial charge in [-0.1, -0.05) is 19.1 Å². The quantitative estimate of drug-likeness (QED) is 0.229. The van der Waals surface area contributed by atoms with E-state index >= 15 is 0 Å². The fraction of sp³-hybridized carbons (Fsp3) is 0.565. The minimum Gasteiger partial charge on any atom is -0.393 e.